The van der Waals surface area contributed by atoms with E-state index in [2.05, 4.69) is 25.6 Å². The van der Waals surface area contributed by atoms with E-state index >= 15 is 0 Å². The van der Waals surface area contributed by atoms with Gasteiger partial charge in [0.2, 0.25) is 0 Å². The first kappa shape index (κ1) is 22.0. The Bertz CT molecular complexity index is 1400. The van der Waals surface area contributed by atoms with E-state index in [-0.39, 0.29) is 10.7 Å². The molecule has 0 spiro atoms. The van der Waals surface area contributed by atoms with Crippen molar-refractivity contribution >= 4 is 38.4 Å². The summed E-state index contributed by atoms with van der Waals surface area (Å²) in [6.07, 6.45) is 0. The van der Waals surface area contributed by atoms with Gasteiger partial charge in [0.25, 0.3) is 10.0 Å². The number of nitrogens with zero attached hydrogens (tertiary/aromatic N) is 4. The van der Waals surface area contributed by atoms with Crippen LogP contribution in [-0.4, -0.2) is 51.7 Å². The van der Waals surface area contributed by atoms with Crippen LogP contribution in [0.2, 0.25) is 0 Å². The maximum atomic E-state index is 13.1. The molecule has 0 radical (unpaired) electrons. The van der Waals surface area contributed by atoms with E-state index in [1.807, 2.05) is 42.5 Å². The van der Waals surface area contributed by atoms with Crippen molar-refractivity contribution in [2.24, 2.45) is 0 Å². The standard InChI is InChI=1S/C25H25N5O3S/c1-33-20-9-7-8-19(18-20)29-14-16-30(17-15-29)25-24(26-22-12-5-6-13-23(22)27-25)28-34(31,32)21-10-3-2-4-11-21/h2-13,18H,14-17H2,1H3,(H,26,28). The normalized spacial score (nSPS) is 14.3. The van der Waals surface area contributed by atoms with Gasteiger partial charge in [0, 0.05) is 37.9 Å². The molecular weight excluding hydrogens is 450 g/mol. The van der Waals surface area contributed by atoms with Gasteiger partial charge < -0.3 is 14.5 Å². The first-order valence-corrected chi connectivity index (χ1v) is 12.5. The second-order valence-electron chi connectivity index (χ2n) is 7.98. The molecule has 4 aromatic rings. The van der Waals surface area contributed by atoms with Crippen LogP contribution in [0.4, 0.5) is 17.3 Å². The summed E-state index contributed by atoms with van der Waals surface area (Å²) in [4.78, 5) is 14.0. The summed E-state index contributed by atoms with van der Waals surface area (Å²) < 4.78 is 34.1. The monoisotopic (exact) mass is 475 g/mol. The van der Waals surface area contributed by atoms with Crippen LogP contribution in [0.25, 0.3) is 11.0 Å². The SMILES string of the molecule is COc1cccc(N2CCN(c3nc4ccccc4nc3NS(=O)(=O)c3ccccc3)CC2)c1. The van der Waals surface area contributed by atoms with Crippen LogP contribution in [0, 0.1) is 0 Å². The molecule has 1 fully saturated rings. The number of rotatable bonds is 6. The Kier molecular flexibility index (Phi) is 5.93. The Labute approximate surface area is 198 Å². The molecule has 1 aliphatic rings. The average Bonchev–Trinajstić information content (AvgIpc) is 2.89. The first-order valence-electron chi connectivity index (χ1n) is 11.0. The molecule has 0 unspecified atom stereocenters. The zero-order valence-electron chi connectivity index (χ0n) is 18.8. The molecule has 2 heterocycles. The number of nitrogens with one attached hydrogen (secondary N) is 1. The van der Waals surface area contributed by atoms with Crippen molar-refractivity contribution in [3.05, 3.63) is 78.9 Å². The number of ether oxygens (including phenoxy) is 1. The Hall–Kier alpha value is -3.85. The zero-order chi connectivity index (χ0) is 23.5. The summed E-state index contributed by atoms with van der Waals surface area (Å²) in [5, 5.41) is 0. The van der Waals surface area contributed by atoms with Crippen molar-refractivity contribution in [2.45, 2.75) is 4.90 Å². The van der Waals surface area contributed by atoms with Gasteiger partial charge in [0.15, 0.2) is 11.6 Å². The predicted molar refractivity (Wildman–Crippen MR) is 134 cm³/mol. The molecule has 1 N–H and O–H groups in total. The van der Waals surface area contributed by atoms with Gasteiger partial charge >= 0.3 is 0 Å². The predicted octanol–water partition coefficient (Wildman–Crippen LogP) is 3.77. The summed E-state index contributed by atoms with van der Waals surface area (Å²) in [6.45, 7) is 2.85. The number of para-hydroxylation sites is 2. The summed E-state index contributed by atoms with van der Waals surface area (Å²) in [7, 11) is -2.15. The number of hydrogen-bond donors (Lipinski definition) is 1. The number of benzene rings is 3. The second-order valence-corrected chi connectivity index (χ2v) is 9.66. The highest BCUT2D eigenvalue weighted by molar-refractivity contribution is 7.92. The number of piperazine rings is 1. The molecule has 3 aromatic carbocycles. The minimum absolute atomic E-state index is 0.179. The van der Waals surface area contributed by atoms with Gasteiger partial charge in [0.05, 0.1) is 23.0 Å². The van der Waals surface area contributed by atoms with E-state index in [9.17, 15) is 8.42 Å². The first-order chi connectivity index (χ1) is 16.5. The topological polar surface area (TPSA) is 87.7 Å². The molecule has 34 heavy (non-hydrogen) atoms. The van der Waals surface area contributed by atoms with Crippen molar-refractivity contribution < 1.29 is 13.2 Å². The fourth-order valence-corrected chi connectivity index (χ4v) is 5.07. The third kappa shape index (κ3) is 4.47. The molecule has 0 bridgehead atoms. The van der Waals surface area contributed by atoms with E-state index in [1.54, 1.807) is 37.4 Å². The van der Waals surface area contributed by atoms with E-state index < -0.39 is 10.0 Å². The van der Waals surface area contributed by atoms with Crippen LogP contribution in [0.5, 0.6) is 5.75 Å². The Morgan fingerprint density at radius 3 is 2.15 bits per heavy atom. The van der Waals surface area contributed by atoms with E-state index in [0.29, 0.717) is 24.4 Å². The van der Waals surface area contributed by atoms with E-state index in [0.717, 1.165) is 30.0 Å². The maximum absolute atomic E-state index is 13.1. The Morgan fingerprint density at radius 2 is 1.44 bits per heavy atom. The molecule has 8 nitrogen and oxygen atoms in total. The van der Waals surface area contributed by atoms with Crippen LogP contribution in [0.3, 0.4) is 0 Å². The molecule has 0 saturated carbocycles. The number of methoxy groups -OCH3 is 1. The molecular formula is C25H25N5O3S. The van der Waals surface area contributed by atoms with Gasteiger partial charge in [-0.15, -0.1) is 0 Å². The third-order valence-corrected chi connectivity index (χ3v) is 7.19. The highest BCUT2D eigenvalue weighted by atomic mass is 32.2. The lowest BCUT2D eigenvalue weighted by Gasteiger charge is -2.37. The number of hydrogen-bond acceptors (Lipinski definition) is 7. The van der Waals surface area contributed by atoms with Crippen LogP contribution in [-0.2, 0) is 10.0 Å². The molecule has 0 aliphatic carbocycles. The fourth-order valence-electron chi connectivity index (χ4n) is 4.05. The maximum Gasteiger partial charge on any atom is 0.263 e. The lowest BCUT2D eigenvalue weighted by atomic mass is 10.2. The van der Waals surface area contributed by atoms with Crippen molar-refractivity contribution in [2.75, 3.05) is 47.8 Å². The van der Waals surface area contributed by atoms with E-state index in [1.165, 1.54) is 0 Å². The zero-order valence-corrected chi connectivity index (χ0v) is 19.6. The molecule has 0 amide bonds. The summed E-state index contributed by atoms with van der Waals surface area (Å²) in [6, 6.07) is 23.7. The molecule has 1 aromatic heterocycles. The van der Waals surface area contributed by atoms with Crippen molar-refractivity contribution in [1.29, 1.82) is 0 Å². The van der Waals surface area contributed by atoms with Gasteiger partial charge in [-0.05, 0) is 36.4 Å². The van der Waals surface area contributed by atoms with Crippen LogP contribution in [0.1, 0.15) is 0 Å². The summed E-state index contributed by atoms with van der Waals surface area (Å²) >= 11 is 0. The van der Waals surface area contributed by atoms with Crippen LogP contribution in [0.15, 0.2) is 83.8 Å². The minimum Gasteiger partial charge on any atom is -0.497 e. The van der Waals surface area contributed by atoms with Gasteiger partial charge in [-0.2, -0.15) is 0 Å². The summed E-state index contributed by atoms with van der Waals surface area (Å²) in [5.41, 5.74) is 2.44. The van der Waals surface area contributed by atoms with Gasteiger partial charge in [-0.3, -0.25) is 4.72 Å². The second kappa shape index (κ2) is 9.18. The fraction of sp³-hybridized carbons (Fsp3) is 0.200. The quantitative estimate of drug-likeness (QED) is 0.454. The molecule has 174 valence electrons. The third-order valence-electron chi connectivity index (χ3n) is 5.83. The molecule has 9 heteroatoms. The lowest BCUT2D eigenvalue weighted by molar-refractivity contribution is 0.414. The average molecular weight is 476 g/mol. The number of anilines is 3. The number of aromatic nitrogens is 2. The van der Waals surface area contributed by atoms with Gasteiger partial charge in [-0.1, -0.05) is 36.4 Å². The Balaban J connectivity index is 1.44. The molecule has 0 atom stereocenters. The van der Waals surface area contributed by atoms with Crippen LogP contribution < -0.4 is 19.3 Å². The minimum atomic E-state index is -3.81. The smallest absolute Gasteiger partial charge is 0.263 e. The van der Waals surface area contributed by atoms with Crippen LogP contribution >= 0.6 is 0 Å². The van der Waals surface area contributed by atoms with Gasteiger partial charge in [0.1, 0.15) is 5.75 Å². The highest BCUT2D eigenvalue weighted by Crippen LogP contribution is 2.29. The Morgan fingerprint density at radius 1 is 0.794 bits per heavy atom. The van der Waals surface area contributed by atoms with Crippen molar-refractivity contribution in [3.8, 4) is 5.75 Å². The largest absolute Gasteiger partial charge is 0.497 e. The molecule has 1 saturated heterocycles. The molecule has 5 rings (SSSR count). The molecule has 1 aliphatic heterocycles. The van der Waals surface area contributed by atoms with Gasteiger partial charge in [-0.25, -0.2) is 18.4 Å². The van der Waals surface area contributed by atoms with Crippen molar-refractivity contribution in [3.63, 3.8) is 0 Å². The lowest BCUT2D eigenvalue weighted by Crippen LogP contribution is -2.47. The number of sulfonamides is 1. The van der Waals surface area contributed by atoms with Crippen molar-refractivity contribution in [1.82, 2.24) is 9.97 Å². The summed E-state index contributed by atoms with van der Waals surface area (Å²) in [5.74, 6) is 1.58. The van der Waals surface area contributed by atoms with E-state index in [4.69, 9.17) is 9.72 Å². The highest BCUT2D eigenvalue weighted by Gasteiger charge is 2.25. The number of fused-ring (bicyclic) bond motifs is 1.